The van der Waals surface area contributed by atoms with Crippen LogP contribution in [0.3, 0.4) is 0 Å². The van der Waals surface area contributed by atoms with Gasteiger partial charge >= 0.3 is 5.97 Å². The van der Waals surface area contributed by atoms with Crippen LogP contribution >= 0.6 is 11.8 Å². The van der Waals surface area contributed by atoms with Gasteiger partial charge < -0.3 is 10.1 Å². The van der Waals surface area contributed by atoms with Crippen molar-refractivity contribution in [2.24, 2.45) is 0 Å². The third kappa shape index (κ3) is 4.98. The molecule has 1 unspecified atom stereocenters. The highest BCUT2D eigenvalue weighted by Crippen LogP contribution is 2.26. The molecular weight excluding hydrogens is 238 g/mol. The van der Waals surface area contributed by atoms with Gasteiger partial charge in [-0.2, -0.15) is 0 Å². The fourth-order valence-electron chi connectivity index (χ4n) is 1.54. The molecule has 5 heteroatoms. The average Bonchev–Trinajstić information content (AvgIpc) is 2.67. The first-order valence-electron chi connectivity index (χ1n) is 5.94. The predicted molar refractivity (Wildman–Crippen MR) is 68.9 cm³/mol. The van der Waals surface area contributed by atoms with Gasteiger partial charge in [0, 0.05) is 0 Å². The van der Waals surface area contributed by atoms with Gasteiger partial charge in [0.1, 0.15) is 11.6 Å². The highest BCUT2D eigenvalue weighted by atomic mass is 32.2. The summed E-state index contributed by atoms with van der Waals surface area (Å²) in [5, 5.41) is 2.71. The summed E-state index contributed by atoms with van der Waals surface area (Å²) in [6, 6.07) is -0.581. The Kier molecular flexibility index (Phi) is 4.86. The van der Waals surface area contributed by atoms with Gasteiger partial charge in [-0.25, -0.2) is 4.79 Å². The van der Waals surface area contributed by atoms with Crippen molar-refractivity contribution in [3.8, 4) is 0 Å². The number of ether oxygens (including phenoxy) is 1. The van der Waals surface area contributed by atoms with E-state index < -0.39 is 11.6 Å². The summed E-state index contributed by atoms with van der Waals surface area (Å²) in [5.41, 5.74) is -0.516. The predicted octanol–water partition coefficient (Wildman–Crippen LogP) is 1.73. The van der Waals surface area contributed by atoms with Gasteiger partial charge in [-0.1, -0.05) is 0 Å². The zero-order valence-electron chi connectivity index (χ0n) is 10.9. The molecule has 0 aromatic heterocycles. The minimum Gasteiger partial charge on any atom is -0.458 e. The fourth-order valence-corrected chi connectivity index (χ4v) is 2.71. The van der Waals surface area contributed by atoms with Crippen LogP contribution in [-0.4, -0.2) is 34.5 Å². The topological polar surface area (TPSA) is 55.4 Å². The Morgan fingerprint density at radius 1 is 1.41 bits per heavy atom. The molecule has 0 aromatic rings. The molecule has 1 aliphatic heterocycles. The molecule has 1 rings (SSSR count). The van der Waals surface area contributed by atoms with Crippen molar-refractivity contribution in [1.82, 2.24) is 5.32 Å². The Morgan fingerprint density at radius 2 is 2.06 bits per heavy atom. The lowest BCUT2D eigenvalue weighted by molar-refractivity contribution is -0.158. The molecule has 0 bridgehead atoms. The van der Waals surface area contributed by atoms with Gasteiger partial charge in [-0.15, -0.1) is 11.8 Å². The average molecular weight is 259 g/mol. The summed E-state index contributed by atoms with van der Waals surface area (Å²) in [4.78, 5) is 23.5. The number of rotatable bonds is 3. The van der Waals surface area contributed by atoms with Crippen LogP contribution in [0.2, 0.25) is 0 Å². The van der Waals surface area contributed by atoms with Crippen LogP contribution in [0.1, 0.15) is 40.5 Å². The molecule has 1 aliphatic rings. The van der Waals surface area contributed by atoms with Crippen molar-refractivity contribution < 1.29 is 14.3 Å². The van der Waals surface area contributed by atoms with E-state index in [-0.39, 0.29) is 17.1 Å². The Balaban J connectivity index is 2.40. The van der Waals surface area contributed by atoms with Gasteiger partial charge in [0.05, 0.1) is 5.25 Å². The molecular formula is C12H21NO3S. The largest absolute Gasteiger partial charge is 0.458 e. The van der Waals surface area contributed by atoms with Crippen molar-refractivity contribution in [1.29, 1.82) is 0 Å². The first kappa shape index (κ1) is 14.4. The molecule has 1 fully saturated rings. The van der Waals surface area contributed by atoms with Crippen LogP contribution in [0.4, 0.5) is 0 Å². The first-order chi connectivity index (χ1) is 7.79. The van der Waals surface area contributed by atoms with Crippen molar-refractivity contribution in [2.75, 3.05) is 5.75 Å². The van der Waals surface area contributed by atoms with Crippen molar-refractivity contribution >= 4 is 23.6 Å². The molecule has 0 radical (unpaired) electrons. The molecule has 0 spiro atoms. The Labute approximate surface area is 107 Å². The van der Waals surface area contributed by atoms with E-state index in [4.69, 9.17) is 4.74 Å². The first-order valence-corrected chi connectivity index (χ1v) is 6.99. The van der Waals surface area contributed by atoms with Crippen LogP contribution in [-0.2, 0) is 14.3 Å². The number of carbonyl (C=O) groups is 2. The second-order valence-electron chi connectivity index (χ2n) is 5.27. The van der Waals surface area contributed by atoms with Crippen molar-refractivity contribution in [3.63, 3.8) is 0 Å². The van der Waals surface area contributed by atoms with Crippen LogP contribution < -0.4 is 5.32 Å². The zero-order chi connectivity index (χ0) is 13.1. The number of carbonyl (C=O) groups excluding carboxylic acids is 2. The number of esters is 1. The summed E-state index contributed by atoms with van der Waals surface area (Å²) < 4.78 is 5.20. The van der Waals surface area contributed by atoms with E-state index in [0.29, 0.717) is 0 Å². The maximum atomic E-state index is 11.8. The second-order valence-corrected chi connectivity index (χ2v) is 6.58. The van der Waals surface area contributed by atoms with E-state index in [2.05, 4.69) is 5.32 Å². The molecule has 4 nitrogen and oxygen atoms in total. The highest BCUT2D eigenvalue weighted by Gasteiger charge is 2.28. The monoisotopic (exact) mass is 259 g/mol. The van der Waals surface area contributed by atoms with Crippen LogP contribution in [0.15, 0.2) is 0 Å². The summed E-state index contributed by atoms with van der Waals surface area (Å²) in [5.74, 6) is 0.596. The molecule has 0 aromatic carbocycles. The zero-order valence-corrected chi connectivity index (χ0v) is 11.7. The van der Waals surface area contributed by atoms with Gasteiger partial charge in [-0.05, 0) is 46.3 Å². The number of hydrogen-bond acceptors (Lipinski definition) is 4. The number of amides is 1. The van der Waals surface area contributed by atoms with Crippen LogP contribution in [0, 0.1) is 0 Å². The molecule has 2 atom stereocenters. The third-order valence-electron chi connectivity index (χ3n) is 2.34. The molecule has 1 amide bonds. The molecule has 1 saturated heterocycles. The lowest BCUT2D eigenvalue weighted by Crippen LogP contribution is -2.44. The van der Waals surface area contributed by atoms with E-state index in [1.165, 1.54) is 0 Å². The SMILES string of the molecule is C[C@@H](NC(=O)C1CCCS1)C(=O)OC(C)(C)C. The molecule has 0 saturated carbocycles. The fraction of sp³-hybridized carbons (Fsp3) is 0.833. The minimum absolute atomic E-state index is 0.000105. The summed E-state index contributed by atoms with van der Waals surface area (Å²) >= 11 is 1.65. The third-order valence-corrected chi connectivity index (χ3v) is 3.72. The normalized spacial score (nSPS) is 22.0. The maximum Gasteiger partial charge on any atom is 0.328 e. The maximum absolute atomic E-state index is 11.8. The molecule has 98 valence electrons. The quantitative estimate of drug-likeness (QED) is 0.784. The van der Waals surface area contributed by atoms with E-state index in [9.17, 15) is 9.59 Å². The Bertz CT molecular complexity index is 293. The lowest BCUT2D eigenvalue weighted by atomic mass is 10.2. The lowest BCUT2D eigenvalue weighted by Gasteiger charge is -2.23. The number of thioether (sulfide) groups is 1. The van der Waals surface area contributed by atoms with E-state index >= 15 is 0 Å². The second kappa shape index (κ2) is 5.76. The van der Waals surface area contributed by atoms with Crippen LogP contribution in [0.25, 0.3) is 0 Å². The van der Waals surface area contributed by atoms with Gasteiger partial charge in [0.15, 0.2) is 0 Å². The van der Waals surface area contributed by atoms with Gasteiger partial charge in [0.25, 0.3) is 0 Å². The summed E-state index contributed by atoms with van der Waals surface area (Å²) in [7, 11) is 0. The smallest absolute Gasteiger partial charge is 0.328 e. The molecule has 17 heavy (non-hydrogen) atoms. The summed E-state index contributed by atoms with van der Waals surface area (Å²) in [6.07, 6.45) is 1.97. The number of nitrogens with one attached hydrogen (secondary N) is 1. The van der Waals surface area contributed by atoms with E-state index in [1.807, 2.05) is 20.8 Å². The Hall–Kier alpha value is -0.710. The van der Waals surface area contributed by atoms with Gasteiger partial charge in [0.2, 0.25) is 5.91 Å². The minimum atomic E-state index is -0.581. The highest BCUT2D eigenvalue weighted by molar-refractivity contribution is 8.00. The van der Waals surface area contributed by atoms with Crippen molar-refractivity contribution in [3.05, 3.63) is 0 Å². The number of hydrogen-bond donors (Lipinski definition) is 1. The molecule has 1 heterocycles. The standard InChI is InChI=1S/C12H21NO3S/c1-8(11(15)16-12(2,3)4)13-10(14)9-6-5-7-17-9/h8-9H,5-7H2,1-4H3,(H,13,14)/t8-,9?/m1/s1. The van der Waals surface area contributed by atoms with Gasteiger partial charge in [-0.3, -0.25) is 4.79 Å². The van der Waals surface area contributed by atoms with Crippen LogP contribution in [0.5, 0.6) is 0 Å². The molecule has 1 N–H and O–H groups in total. The van der Waals surface area contributed by atoms with E-state index in [1.54, 1.807) is 18.7 Å². The molecule has 0 aliphatic carbocycles. The van der Waals surface area contributed by atoms with E-state index in [0.717, 1.165) is 18.6 Å². The Morgan fingerprint density at radius 3 is 2.53 bits per heavy atom. The van der Waals surface area contributed by atoms with Crippen molar-refractivity contribution in [2.45, 2.75) is 57.4 Å². The summed E-state index contributed by atoms with van der Waals surface area (Å²) in [6.45, 7) is 7.09.